The molecule has 0 fully saturated rings. The lowest BCUT2D eigenvalue weighted by atomic mass is 10.5. The smallest absolute Gasteiger partial charge is 0.0964 e. The van der Waals surface area contributed by atoms with E-state index in [0.29, 0.717) is 0 Å². The van der Waals surface area contributed by atoms with E-state index in [2.05, 4.69) is 48.3 Å². The van der Waals surface area contributed by atoms with Crippen LogP contribution in [0.4, 0.5) is 0 Å². The molecule has 0 aliphatic rings. The number of thioether (sulfide) groups is 1. The zero-order chi connectivity index (χ0) is 10.7. The van der Waals surface area contributed by atoms with Crippen LogP contribution in [0.1, 0.15) is 4.88 Å². The monoisotopic (exact) mass is 363 g/mol. The SMILES string of the molecule is Brc1ccc(SCc2sccc2Br)nc1. The van der Waals surface area contributed by atoms with Gasteiger partial charge in [-0.1, -0.05) is 0 Å². The Bertz CT molecular complexity index is 439. The summed E-state index contributed by atoms with van der Waals surface area (Å²) < 4.78 is 2.21. The van der Waals surface area contributed by atoms with Crippen LogP contribution in [0.2, 0.25) is 0 Å². The molecule has 0 saturated carbocycles. The summed E-state index contributed by atoms with van der Waals surface area (Å²) in [4.78, 5) is 5.66. The van der Waals surface area contributed by atoms with Crippen molar-refractivity contribution >= 4 is 55.0 Å². The van der Waals surface area contributed by atoms with E-state index in [-0.39, 0.29) is 0 Å². The number of hydrogen-bond donors (Lipinski definition) is 0. The predicted octanol–water partition coefficient (Wildman–Crippen LogP) is 4.96. The van der Waals surface area contributed by atoms with Crippen molar-refractivity contribution in [3.8, 4) is 0 Å². The average Bonchev–Trinajstić information content (AvgIpc) is 2.63. The Balaban J connectivity index is 1.99. The molecule has 0 unspecified atom stereocenters. The van der Waals surface area contributed by atoms with Crippen LogP contribution in [-0.4, -0.2) is 4.98 Å². The van der Waals surface area contributed by atoms with E-state index in [9.17, 15) is 0 Å². The fourth-order valence-corrected chi connectivity index (χ4v) is 3.89. The Hall–Kier alpha value is 0.160. The summed E-state index contributed by atoms with van der Waals surface area (Å²) in [6, 6.07) is 6.12. The highest BCUT2D eigenvalue weighted by Gasteiger charge is 2.02. The maximum atomic E-state index is 4.31. The van der Waals surface area contributed by atoms with Gasteiger partial charge in [0.05, 0.1) is 5.03 Å². The first kappa shape index (κ1) is 11.6. The van der Waals surface area contributed by atoms with Crippen molar-refractivity contribution in [1.82, 2.24) is 4.98 Å². The number of pyridine rings is 1. The molecular weight excluding hydrogens is 358 g/mol. The molecule has 0 spiro atoms. The molecule has 5 heteroatoms. The van der Waals surface area contributed by atoms with Crippen LogP contribution in [-0.2, 0) is 5.75 Å². The van der Waals surface area contributed by atoms with Crippen LogP contribution >= 0.6 is 55.0 Å². The predicted molar refractivity (Wildman–Crippen MR) is 73.5 cm³/mol. The third-order valence-electron chi connectivity index (χ3n) is 1.74. The summed E-state index contributed by atoms with van der Waals surface area (Å²) in [6.07, 6.45) is 1.83. The standard InChI is InChI=1S/C10H7Br2NS2/c11-7-1-2-10(13-5-7)15-6-9-8(12)3-4-14-9/h1-5H,6H2. The van der Waals surface area contributed by atoms with E-state index in [0.717, 1.165) is 15.3 Å². The summed E-state index contributed by atoms with van der Waals surface area (Å²) in [7, 11) is 0. The fourth-order valence-electron chi connectivity index (χ4n) is 1.02. The highest BCUT2D eigenvalue weighted by atomic mass is 79.9. The zero-order valence-corrected chi connectivity index (χ0v) is 12.4. The van der Waals surface area contributed by atoms with Crippen LogP contribution < -0.4 is 0 Å². The first-order valence-corrected chi connectivity index (χ1v) is 7.67. The van der Waals surface area contributed by atoms with Gasteiger partial charge in [-0.25, -0.2) is 4.98 Å². The van der Waals surface area contributed by atoms with Gasteiger partial charge in [-0.15, -0.1) is 23.1 Å². The second-order valence-corrected chi connectivity index (χ2v) is 6.56. The van der Waals surface area contributed by atoms with Crippen LogP contribution in [0, 0.1) is 0 Å². The van der Waals surface area contributed by atoms with Crippen molar-refractivity contribution in [2.45, 2.75) is 10.8 Å². The Labute approximate surface area is 114 Å². The Kier molecular flexibility index (Phi) is 4.25. The van der Waals surface area contributed by atoms with E-state index in [1.54, 1.807) is 23.1 Å². The van der Waals surface area contributed by atoms with E-state index in [4.69, 9.17) is 0 Å². The Morgan fingerprint density at radius 2 is 2.13 bits per heavy atom. The molecule has 0 aromatic carbocycles. The second-order valence-electron chi connectivity index (χ2n) is 2.80. The molecule has 0 N–H and O–H groups in total. The van der Waals surface area contributed by atoms with E-state index < -0.39 is 0 Å². The van der Waals surface area contributed by atoms with Gasteiger partial charge in [-0.2, -0.15) is 0 Å². The van der Waals surface area contributed by atoms with E-state index in [1.807, 2.05) is 18.3 Å². The molecular formula is C10H7Br2NS2. The lowest BCUT2D eigenvalue weighted by molar-refractivity contribution is 1.12. The molecule has 0 bridgehead atoms. The third-order valence-corrected chi connectivity index (χ3v) is 5.29. The first-order valence-electron chi connectivity index (χ1n) is 4.22. The number of nitrogens with zero attached hydrogens (tertiary/aromatic N) is 1. The lowest BCUT2D eigenvalue weighted by Gasteiger charge is -1.99. The van der Waals surface area contributed by atoms with E-state index >= 15 is 0 Å². The van der Waals surface area contributed by atoms with Gasteiger partial charge >= 0.3 is 0 Å². The Morgan fingerprint density at radius 3 is 2.73 bits per heavy atom. The maximum Gasteiger partial charge on any atom is 0.0964 e. The van der Waals surface area contributed by atoms with Gasteiger partial charge in [0.15, 0.2) is 0 Å². The normalized spacial score (nSPS) is 10.5. The van der Waals surface area contributed by atoms with Gasteiger partial charge in [0.25, 0.3) is 0 Å². The van der Waals surface area contributed by atoms with Crippen molar-refractivity contribution in [2.24, 2.45) is 0 Å². The molecule has 1 nitrogen and oxygen atoms in total. The molecule has 15 heavy (non-hydrogen) atoms. The minimum Gasteiger partial charge on any atom is -0.249 e. The third kappa shape index (κ3) is 3.31. The summed E-state index contributed by atoms with van der Waals surface area (Å²) in [5.41, 5.74) is 0. The van der Waals surface area contributed by atoms with Gasteiger partial charge in [0.2, 0.25) is 0 Å². The van der Waals surface area contributed by atoms with E-state index in [1.165, 1.54) is 9.35 Å². The molecule has 0 saturated heterocycles. The summed E-state index contributed by atoms with van der Waals surface area (Å²) in [5, 5.41) is 3.15. The molecule has 2 aromatic heterocycles. The number of rotatable bonds is 3. The van der Waals surface area contributed by atoms with Crippen LogP contribution in [0.15, 0.2) is 43.7 Å². The zero-order valence-electron chi connectivity index (χ0n) is 7.61. The lowest BCUT2D eigenvalue weighted by Crippen LogP contribution is -1.80. The van der Waals surface area contributed by atoms with Crippen LogP contribution in [0.25, 0.3) is 0 Å². The largest absolute Gasteiger partial charge is 0.249 e. The van der Waals surface area contributed by atoms with Crippen molar-refractivity contribution in [3.05, 3.63) is 43.6 Å². The van der Waals surface area contributed by atoms with Gasteiger partial charge in [0, 0.05) is 25.8 Å². The van der Waals surface area contributed by atoms with Gasteiger partial charge in [0.1, 0.15) is 0 Å². The summed E-state index contributed by atoms with van der Waals surface area (Å²) in [6.45, 7) is 0. The molecule has 2 heterocycles. The van der Waals surface area contributed by atoms with Crippen molar-refractivity contribution in [3.63, 3.8) is 0 Å². The molecule has 2 aromatic rings. The van der Waals surface area contributed by atoms with Gasteiger partial charge in [-0.3, -0.25) is 0 Å². The number of thiophene rings is 1. The maximum absolute atomic E-state index is 4.31. The minimum absolute atomic E-state index is 0.965. The second kappa shape index (κ2) is 5.48. The first-order chi connectivity index (χ1) is 7.25. The molecule has 2 rings (SSSR count). The molecule has 0 aliphatic heterocycles. The van der Waals surface area contributed by atoms with Crippen molar-refractivity contribution < 1.29 is 0 Å². The van der Waals surface area contributed by atoms with Crippen molar-refractivity contribution in [1.29, 1.82) is 0 Å². The van der Waals surface area contributed by atoms with Crippen LogP contribution in [0.3, 0.4) is 0 Å². The number of halogens is 2. The number of aromatic nitrogens is 1. The topological polar surface area (TPSA) is 12.9 Å². The molecule has 0 amide bonds. The number of hydrogen-bond acceptors (Lipinski definition) is 3. The average molecular weight is 365 g/mol. The molecule has 78 valence electrons. The van der Waals surface area contributed by atoms with Crippen LogP contribution in [0.5, 0.6) is 0 Å². The quantitative estimate of drug-likeness (QED) is 0.714. The highest BCUT2D eigenvalue weighted by Crippen LogP contribution is 2.29. The highest BCUT2D eigenvalue weighted by molar-refractivity contribution is 9.10. The summed E-state index contributed by atoms with van der Waals surface area (Å²) in [5.74, 6) is 0.965. The summed E-state index contributed by atoms with van der Waals surface area (Å²) >= 11 is 10.4. The molecule has 0 atom stereocenters. The molecule has 0 radical (unpaired) electrons. The fraction of sp³-hybridized carbons (Fsp3) is 0.100. The minimum atomic E-state index is 0.965. The molecule has 0 aliphatic carbocycles. The van der Waals surface area contributed by atoms with Crippen molar-refractivity contribution in [2.75, 3.05) is 0 Å². The van der Waals surface area contributed by atoms with Gasteiger partial charge < -0.3 is 0 Å². The van der Waals surface area contributed by atoms with Gasteiger partial charge in [-0.05, 0) is 55.4 Å². The Morgan fingerprint density at radius 1 is 1.27 bits per heavy atom.